The number of aromatic nitrogens is 5. The molecule has 0 spiro atoms. The molecular weight excluding hydrogens is 330 g/mol. The Balaban J connectivity index is 1.55. The highest BCUT2D eigenvalue weighted by Gasteiger charge is 2.11. The first-order chi connectivity index (χ1) is 11.3. The number of aromatic hydroxyl groups is 1. The average Bonchev–Trinajstić information content (AvgIpc) is 3.19. The first-order valence-corrected chi connectivity index (χ1v) is 8.65. The molecule has 2 heterocycles. The second-order valence-corrected chi connectivity index (χ2v) is 6.81. The number of phenols is 1. The van der Waals surface area contributed by atoms with Gasteiger partial charge in [0.05, 0.1) is 21.7 Å². The van der Waals surface area contributed by atoms with Gasteiger partial charge in [-0.25, -0.2) is 4.98 Å². The quantitative estimate of drug-likeness (QED) is 0.574. The number of thiazole rings is 1. The van der Waals surface area contributed by atoms with E-state index in [-0.39, 0.29) is 5.75 Å². The van der Waals surface area contributed by atoms with Crippen LogP contribution in [0.5, 0.6) is 5.75 Å². The SMILES string of the molecule is Oc1ccc(-n2nnnc2SCc2nc3ccccc3s2)cc1. The van der Waals surface area contributed by atoms with Gasteiger partial charge in [-0.15, -0.1) is 16.4 Å². The standard InChI is InChI=1S/C15H11N5OS2/c21-11-7-5-10(6-8-11)20-15(17-18-19-20)22-9-14-16-12-3-1-2-4-13(12)23-14/h1-8,21H,9H2. The van der Waals surface area contributed by atoms with Crippen LogP contribution in [-0.2, 0) is 5.75 Å². The molecule has 0 radical (unpaired) electrons. The van der Waals surface area contributed by atoms with Gasteiger partial charge < -0.3 is 5.11 Å². The van der Waals surface area contributed by atoms with Gasteiger partial charge in [0.15, 0.2) is 0 Å². The van der Waals surface area contributed by atoms with Crippen molar-refractivity contribution in [3.8, 4) is 11.4 Å². The van der Waals surface area contributed by atoms with Gasteiger partial charge >= 0.3 is 0 Å². The fraction of sp³-hybridized carbons (Fsp3) is 0.0667. The van der Waals surface area contributed by atoms with E-state index in [2.05, 4.69) is 26.6 Å². The summed E-state index contributed by atoms with van der Waals surface area (Å²) in [4.78, 5) is 4.61. The lowest BCUT2D eigenvalue weighted by molar-refractivity contribution is 0.475. The molecule has 0 atom stereocenters. The minimum absolute atomic E-state index is 0.213. The van der Waals surface area contributed by atoms with Gasteiger partial charge in [0.2, 0.25) is 5.16 Å². The molecule has 0 unspecified atom stereocenters. The lowest BCUT2D eigenvalue weighted by Gasteiger charge is -2.03. The van der Waals surface area contributed by atoms with E-state index < -0.39 is 0 Å². The summed E-state index contributed by atoms with van der Waals surface area (Å²) in [5.74, 6) is 0.920. The Bertz CT molecular complexity index is 915. The maximum absolute atomic E-state index is 9.37. The van der Waals surface area contributed by atoms with Crippen LogP contribution in [0, 0.1) is 0 Å². The molecule has 0 aliphatic rings. The molecule has 2 aromatic heterocycles. The molecule has 0 saturated heterocycles. The van der Waals surface area contributed by atoms with Gasteiger partial charge in [-0.3, -0.25) is 0 Å². The Hall–Kier alpha value is -2.45. The lowest BCUT2D eigenvalue weighted by atomic mass is 10.3. The molecule has 0 amide bonds. The molecule has 4 aromatic rings. The van der Waals surface area contributed by atoms with Crippen LogP contribution in [0.1, 0.15) is 5.01 Å². The molecule has 0 aliphatic heterocycles. The summed E-state index contributed by atoms with van der Waals surface area (Å²) in [5.41, 5.74) is 1.82. The van der Waals surface area contributed by atoms with Crippen molar-refractivity contribution in [2.75, 3.05) is 0 Å². The van der Waals surface area contributed by atoms with Crippen LogP contribution in [-0.4, -0.2) is 30.3 Å². The number of hydrogen-bond acceptors (Lipinski definition) is 7. The van der Waals surface area contributed by atoms with E-state index in [1.807, 2.05) is 18.2 Å². The number of thioether (sulfide) groups is 1. The number of tetrazole rings is 1. The van der Waals surface area contributed by atoms with E-state index in [1.165, 1.54) is 16.5 Å². The van der Waals surface area contributed by atoms with E-state index in [0.717, 1.165) is 16.2 Å². The Morgan fingerprint density at radius 1 is 1.09 bits per heavy atom. The highest BCUT2D eigenvalue weighted by Crippen LogP contribution is 2.28. The van der Waals surface area contributed by atoms with E-state index >= 15 is 0 Å². The van der Waals surface area contributed by atoms with Gasteiger partial charge in [0, 0.05) is 0 Å². The summed E-state index contributed by atoms with van der Waals surface area (Å²) in [6.07, 6.45) is 0. The molecule has 1 N–H and O–H groups in total. The van der Waals surface area contributed by atoms with Crippen molar-refractivity contribution >= 4 is 33.3 Å². The molecule has 2 aromatic carbocycles. The average molecular weight is 341 g/mol. The van der Waals surface area contributed by atoms with Crippen LogP contribution < -0.4 is 0 Å². The zero-order valence-corrected chi connectivity index (χ0v) is 13.5. The molecule has 0 aliphatic carbocycles. The first kappa shape index (κ1) is 14.2. The van der Waals surface area contributed by atoms with Crippen molar-refractivity contribution in [2.24, 2.45) is 0 Å². The van der Waals surface area contributed by atoms with Crippen molar-refractivity contribution in [3.63, 3.8) is 0 Å². The molecule has 0 saturated carbocycles. The van der Waals surface area contributed by atoms with Crippen LogP contribution in [0.3, 0.4) is 0 Å². The monoisotopic (exact) mass is 341 g/mol. The van der Waals surface area contributed by atoms with Crippen molar-refractivity contribution in [3.05, 3.63) is 53.5 Å². The number of benzene rings is 2. The number of rotatable bonds is 4. The zero-order chi connectivity index (χ0) is 15.6. The first-order valence-electron chi connectivity index (χ1n) is 6.84. The van der Waals surface area contributed by atoms with Gasteiger partial charge in [0.25, 0.3) is 0 Å². The summed E-state index contributed by atoms with van der Waals surface area (Å²) in [5, 5.41) is 22.9. The number of phenolic OH excluding ortho intramolecular Hbond substituents is 1. The van der Waals surface area contributed by atoms with Crippen molar-refractivity contribution in [1.82, 2.24) is 25.2 Å². The van der Waals surface area contributed by atoms with Gasteiger partial charge in [-0.05, 0) is 46.8 Å². The van der Waals surface area contributed by atoms with E-state index in [1.54, 1.807) is 40.3 Å². The van der Waals surface area contributed by atoms with E-state index in [4.69, 9.17) is 0 Å². The molecule has 6 nitrogen and oxygen atoms in total. The van der Waals surface area contributed by atoms with Crippen LogP contribution >= 0.6 is 23.1 Å². The molecule has 4 rings (SSSR count). The summed E-state index contributed by atoms with van der Waals surface area (Å²) < 4.78 is 2.83. The predicted octanol–water partition coefficient (Wildman–Crippen LogP) is 3.27. The Morgan fingerprint density at radius 2 is 1.91 bits per heavy atom. The largest absolute Gasteiger partial charge is 0.508 e. The second-order valence-electron chi connectivity index (χ2n) is 4.75. The maximum atomic E-state index is 9.37. The Morgan fingerprint density at radius 3 is 2.74 bits per heavy atom. The van der Waals surface area contributed by atoms with E-state index in [0.29, 0.717) is 10.9 Å². The van der Waals surface area contributed by atoms with Gasteiger partial charge in [-0.1, -0.05) is 23.9 Å². The van der Waals surface area contributed by atoms with Gasteiger partial charge in [0.1, 0.15) is 10.8 Å². The molecule has 114 valence electrons. The summed E-state index contributed by atoms with van der Waals surface area (Å²) in [6, 6.07) is 14.9. The highest BCUT2D eigenvalue weighted by atomic mass is 32.2. The summed E-state index contributed by atoms with van der Waals surface area (Å²) in [7, 11) is 0. The molecular formula is C15H11N5OS2. The highest BCUT2D eigenvalue weighted by molar-refractivity contribution is 7.98. The third-order valence-corrected chi connectivity index (χ3v) is 5.35. The van der Waals surface area contributed by atoms with Crippen molar-refractivity contribution in [2.45, 2.75) is 10.9 Å². The lowest BCUT2D eigenvalue weighted by Crippen LogP contribution is -1.98. The summed E-state index contributed by atoms with van der Waals surface area (Å²) in [6.45, 7) is 0. The molecule has 8 heteroatoms. The fourth-order valence-electron chi connectivity index (χ4n) is 2.13. The van der Waals surface area contributed by atoms with Crippen molar-refractivity contribution in [1.29, 1.82) is 0 Å². The normalized spacial score (nSPS) is 11.1. The summed E-state index contributed by atoms with van der Waals surface area (Å²) >= 11 is 3.21. The smallest absolute Gasteiger partial charge is 0.214 e. The van der Waals surface area contributed by atoms with Crippen molar-refractivity contribution < 1.29 is 5.11 Å². The third kappa shape index (κ3) is 2.90. The number of hydrogen-bond donors (Lipinski definition) is 1. The van der Waals surface area contributed by atoms with Gasteiger partial charge in [-0.2, -0.15) is 4.68 Å². The minimum atomic E-state index is 0.213. The number of nitrogens with zero attached hydrogens (tertiary/aromatic N) is 5. The van der Waals surface area contributed by atoms with Crippen LogP contribution in [0.4, 0.5) is 0 Å². The van der Waals surface area contributed by atoms with Crippen LogP contribution in [0.15, 0.2) is 53.7 Å². The zero-order valence-electron chi connectivity index (χ0n) is 11.8. The maximum Gasteiger partial charge on any atom is 0.214 e. The van der Waals surface area contributed by atoms with E-state index in [9.17, 15) is 5.11 Å². The third-order valence-electron chi connectivity index (χ3n) is 3.20. The number of para-hydroxylation sites is 1. The molecule has 0 fully saturated rings. The second kappa shape index (κ2) is 5.98. The van der Waals surface area contributed by atoms with Crippen LogP contribution in [0.25, 0.3) is 15.9 Å². The fourth-order valence-corrected chi connectivity index (χ4v) is 3.98. The Labute approximate surface area is 139 Å². The molecule has 23 heavy (non-hydrogen) atoms. The Kier molecular flexibility index (Phi) is 3.68. The molecule has 0 bridgehead atoms. The predicted molar refractivity (Wildman–Crippen MR) is 90.0 cm³/mol. The minimum Gasteiger partial charge on any atom is -0.508 e. The topological polar surface area (TPSA) is 76.7 Å². The van der Waals surface area contributed by atoms with Crippen LogP contribution in [0.2, 0.25) is 0 Å². The number of fused-ring (bicyclic) bond motifs is 1.